The molecule has 3 aliphatic rings. The zero-order chi connectivity index (χ0) is 26.6. The average Bonchev–Trinajstić information content (AvgIpc) is 2.89. The Morgan fingerprint density at radius 3 is 2.55 bits per heavy atom. The molecule has 3 aliphatic heterocycles. The van der Waals surface area contributed by atoms with Gasteiger partial charge in [0.05, 0.1) is 12.1 Å². The van der Waals surface area contributed by atoms with E-state index in [0.717, 1.165) is 45.7 Å². The third kappa shape index (κ3) is 6.40. The molecular weight excluding hydrogens is 484 g/mol. The van der Waals surface area contributed by atoms with Crippen molar-refractivity contribution in [2.24, 2.45) is 0 Å². The van der Waals surface area contributed by atoms with Crippen LogP contribution in [0.25, 0.3) is 0 Å². The number of nitrogens with one attached hydrogen (secondary N) is 2. The number of hydrogen-bond donors (Lipinski definition) is 3. The lowest BCUT2D eigenvalue weighted by Gasteiger charge is -2.39. The van der Waals surface area contributed by atoms with Gasteiger partial charge in [-0.05, 0) is 24.6 Å². The zero-order valence-corrected chi connectivity index (χ0v) is 22.3. The SMILES string of the molecule is CC(=O)N1CC(Nc2cc(C(=O)NCC(O)CN3CCc4ccccc4C3)nc(N3CCN(C)CC3)n2)C1. The maximum atomic E-state index is 13.1. The van der Waals surface area contributed by atoms with Crippen molar-refractivity contribution in [3.05, 3.63) is 47.2 Å². The van der Waals surface area contributed by atoms with Crippen molar-refractivity contribution in [1.82, 2.24) is 30.0 Å². The van der Waals surface area contributed by atoms with E-state index in [4.69, 9.17) is 4.98 Å². The van der Waals surface area contributed by atoms with Crippen molar-refractivity contribution in [3.8, 4) is 0 Å². The van der Waals surface area contributed by atoms with E-state index in [-0.39, 0.29) is 30.1 Å². The minimum Gasteiger partial charge on any atom is -0.390 e. The Kier molecular flexibility index (Phi) is 8.06. The molecule has 11 nitrogen and oxygen atoms in total. The number of likely N-dealkylation sites (N-methyl/N-ethyl adjacent to an activating group) is 1. The number of hydrogen-bond acceptors (Lipinski definition) is 9. The second kappa shape index (κ2) is 11.6. The van der Waals surface area contributed by atoms with Gasteiger partial charge in [-0.2, -0.15) is 4.98 Å². The molecule has 0 spiro atoms. The molecule has 11 heteroatoms. The molecular formula is C27H38N8O3. The average molecular weight is 523 g/mol. The largest absolute Gasteiger partial charge is 0.390 e. The van der Waals surface area contributed by atoms with Gasteiger partial charge in [0.15, 0.2) is 0 Å². The number of fused-ring (bicyclic) bond motifs is 1. The monoisotopic (exact) mass is 522 g/mol. The molecule has 5 rings (SSSR count). The van der Waals surface area contributed by atoms with Crippen molar-refractivity contribution in [2.75, 3.05) is 76.2 Å². The molecule has 2 aromatic rings. The van der Waals surface area contributed by atoms with Crippen molar-refractivity contribution in [3.63, 3.8) is 0 Å². The fourth-order valence-corrected chi connectivity index (χ4v) is 5.18. The number of aliphatic hydroxyl groups is 1. The van der Waals surface area contributed by atoms with Crippen molar-refractivity contribution >= 4 is 23.6 Å². The number of amides is 2. The van der Waals surface area contributed by atoms with E-state index >= 15 is 0 Å². The number of rotatable bonds is 8. The highest BCUT2D eigenvalue weighted by Crippen LogP contribution is 2.20. The first-order valence-corrected chi connectivity index (χ1v) is 13.4. The lowest BCUT2D eigenvalue weighted by molar-refractivity contribution is -0.132. The van der Waals surface area contributed by atoms with E-state index in [2.05, 4.69) is 55.6 Å². The number of aliphatic hydroxyl groups excluding tert-OH is 1. The van der Waals surface area contributed by atoms with Gasteiger partial charge in [-0.3, -0.25) is 14.5 Å². The highest BCUT2D eigenvalue weighted by atomic mass is 16.3. The number of anilines is 2. The number of carbonyl (C=O) groups excluding carboxylic acids is 2. The van der Waals surface area contributed by atoms with Gasteiger partial charge < -0.3 is 30.4 Å². The Bertz CT molecular complexity index is 1150. The molecule has 0 saturated carbocycles. The van der Waals surface area contributed by atoms with Crippen molar-refractivity contribution in [1.29, 1.82) is 0 Å². The minimum atomic E-state index is -0.687. The molecule has 4 heterocycles. The predicted molar refractivity (Wildman–Crippen MR) is 145 cm³/mol. The van der Waals surface area contributed by atoms with E-state index in [1.165, 1.54) is 11.1 Å². The fraction of sp³-hybridized carbons (Fsp3) is 0.556. The molecule has 2 saturated heterocycles. The highest BCUT2D eigenvalue weighted by Gasteiger charge is 2.29. The highest BCUT2D eigenvalue weighted by molar-refractivity contribution is 5.93. The molecule has 1 aromatic carbocycles. The number of likely N-dealkylation sites (tertiary alicyclic amines) is 1. The summed E-state index contributed by atoms with van der Waals surface area (Å²) in [6, 6.07) is 10.1. The summed E-state index contributed by atoms with van der Waals surface area (Å²) in [6.07, 6.45) is 0.278. The van der Waals surface area contributed by atoms with Gasteiger partial charge in [-0.25, -0.2) is 4.98 Å². The fourth-order valence-electron chi connectivity index (χ4n) is 5.18. The topological polar surface area (TPSA) is 117 Å². The predicted octanol–water partition coefficient (Wildman–Crippen LogP) is 0.0200. The van der Waals surface area contributed by atoms with Crippen LogP contribution in [-0.4, -0.2) is 120 Å². The molecule has 38 heavy (non-hydrogen) atoms. The van der Waals surface area contributed by atoms with Crippen LogP contribution in [0, 0.1) is 0 Å². The Labute approximate surface area is 223 Å². The van der Waals surface area contributed by atoms with Gasteiger partial charge >= 0.3 is 0 Å². The summed E-state index contributed by atoms with van der Waals surface area (Å²) in [6.45, 7) is 8.45. The van der Waals surface area contributed by atoms with Crippen LogP contribution in [0.2, 0.25) is 0 Å². The van der Waals surface area contributed by atoms with Gasteiger partial charge in [-0.1, -0.05) is 24.3 Å². The zero-order valence-electron chi connectivity index (χ0n) is 22.3. The lowest BCUT2D eigenvalue weighted by atomic mass is 10.00. The number of nitrogens with zero attached hydrogens (tertiary/aromatic N) is 6. The second-order valence-electron chi connectivity index (χ2n) is 10.6. The van der Waals surface area contributed by atoms with E-state index in [1.54, 1.807) is 17.9 Å². The van der Waals surface area contributed by atoms with Gasteiger partial charge in [0.25, 0.3) is 5.91 Å². The van der Waals surface area contributed by atoms with Gasteiger partial charge in [-0.15, -0.1) is 0 Å². The Balaban J connectivity index is 1.20. The summed E-state index contributed by atoms with van der Waals surface area (Å²) in [5.41, 5.74) is 2.93. The van der Waals surface area contributed by atoms with Crippen molar-refractivity contribution < 1.29 is 14.7 Å². The van der Waals surface area contributed by atoms with E-state index in [0.29, 0.717) is 31.4 Å². The first-order chi connectivity index (χ1) is 18.3. The molecule has 2 fully saturated rings. The summed E-state index contributed by atoms with van der Waals surface area (Å²) < 4.78 is 0. The van der Waals surface area contributed by atoms with Crippen LogP contribution in [0.1, 0.15) is 28.5 Å². The normalized spacial score (nSPS) is 19.4. The van der Waals surface area contributed by atoms with Crippen LogP contribution in [0.15, 0.2) is 30.3 Å². The molecule has 3 N–H and O–H groups in total. The Morgan fingerprint density at radius 2 is 1.82 bits per heavy atom. The minimum absolute atomic E-state index is 0.0521. The number of piperazine rings is 1. The van der Waals surface area contributed by atoms with Crippen molar-refractivity contribution in [2.45, 2.75) is 32.0 Å². The third-order valence-corrected chi connectivity index (χ3v) is 7.59. The summed E-state index contributed by atoms with van der Waals surface area (Å²) in [7, 11) is 2.08. The number of aromatic nitrogens is 2. The molecule has 2 amide bonds. The van der Waals surface area contributed by atoms with E-state index in [1.807, 2.05) is 6.07 Å². The van der Waals surface area contributed by atoms with Crippen LogP contribution >= 0.6 is 0 Å². The summed E-state index contributed by atoms with van der Waals surface area (Å²) >= 11 is 0. The Hall–Kier alpha value is -3.28. The lowest BCUT2D eigenvalue weighted by Crippen LogP contribution is -2.56. The number of carbonyl (C=O) groups is 2. The summed E-state index contributed by atoms with van der Waals surface area (Å²) in [4.78, 5) is 42.3. The van der Waals surface area contributed by atoms with E-state index in [9.17, 15) is 14.7 Å². The van der Waals surface area contributed by atoms with Crippen LogP contribution in [0.5, 0.6) is 0 Å². The van der Waals surface area contributed by atoms with E-state index < -0.39 is 6.10 Å². The third-order valence-electron chi connectivity index (χ3n) is 7.59. The molecule has 0 bridgehead atoms. The Morgan fingerprint density at radius 1 is 1.08 bits per heavy atom. The van der Waals surface area contributed by atoms with Gasteiger partial charge in [0.1, 0.15) is 11.5 Å². The van der Waals surface area contributed by atoms with Gasteiger partial charge in [0.2, 0.25) is 11.9 Å². The quantitative estimate of drug-likeness (QED) is 0.441. The summed E-state index contributed by atoms with van der Waals surface area (Å²) in [5.74, 6) is 0.799. The molecule has 1 unspecified atom stereocenters. The molecule has 204 valence electrons. The van der Waals surface area contributed by atoms with Crippen LogP contribution in [0.3, 0.4) is 0 Å². The van der Waals surface area contributed by atoms with Crippen LogP contribution in [-0.2, 0) is 17.8 Å². The molecule has 1 atom stereocenters. The molecule has 0 radical (unpaired) electrons. The standard InChI is InChI=1S/C27H38N8O3/c1-19(36)35-16-22(17-35)29-25-13-24(30-27(31-25)34-11-9-32(2)10-12-34)26(38)28-14-23(37)18-33-8-7-20-5-3-4-6-21(20)15-33/h3-6,13,22-23,37H,7-12,14-18H2,1-2H3,(H,28,38)(H,29,30,31). The van der Waals surface area contributed by atoms with Crippen LogP contribution in [0.4, 0.5) is 11.8 Å². The second-order valence-corrected chi connectivity index (χ2v) is 10.6. The smallest absolute Gasteiger partial charge is 0.270 e. The maximum Gasteiger partial charge on any atom is 0.270 e. The number of benzene rings is 1. The first kappa shape index (κ1) is 26.3. The van der Waals surface area contributed by atoms with Crippen LogP contribution < -0.4 is 15.5 Å². The maximum absolute atomic E-state index is 13.1. The molecule has 1 aromatic heterocycles. The number of β-amino-alcohol motifs (C(OH)–C–C–N with tert-alkyl or cyclic N) is 1. The first-order valence-electron chi connectivity index (χ1n) is 13.4. The summed E-state index contributed by atoms with van der Waals surface area (Å²) in [5, 5.41) is 16.9. The molecule has 0 aliphatic carbocycles. The van der Waals surface area contributed by atoms with Gasteiger partial charge in [0, 0.05) is 78.4 Å².